The molecule has 2 aromatic carbocycles. The Morgan fingerprint density at radius 2 is 1.82 bits per heavy atom. The van der Waals surface area contributed by atoms with Crippen LogP contribution in [-0.2, 0) is 26.2 Å². The van der Waals surface area contributed by atoms with E-state index in [1.165, 1.54) is 18.2 Å². The number of carbonyl (C=O) groups excluding carboxylic acids is 2. The second kappa shape index (κ2) is 9.99. The van der Waals surface area contributed by atoms with Crippen molar-refractivity contribution in [2.75, 3.05) is 11.9 Å². The molecular formula is C25H29N3O5S. The zero-order chi connectivity index (χ0) is 24.2. The number of amides is 2. The van der Waals surface area contributed by atoms with E-state index in [1.54, 1.807) is 16.4 Å². The molecular weight excluding hydrogens is 454 g/mol. The van der Waals surface area contributed by atoms with E-state index in [0.717, 1.165) is 24.8 Å². The fourth-order valence-electron chi connectivity index (χ4n) is 4.68. The highest BCUT2D eigenvalue weighted by Crippen LogP contribution is 2.47. The van der Waals surface area contributed by atoms with E-state index in [1.807, 2.05) is 30.3 Å². The van der Waals surface area contributed by atoms with E-state index in [9.17, 15) is 18.0 Å². The van der Waals surface area contributed by atoms with Crippen LogP contribution in [0, 0.1) is 0 Å². The molecule has 1 unspecified atom stereocenters. The Hall–Kier alpha value is -3.17. The summed E-state index contributed by atoms with van der Waals surface area (Å²) >= 11 is 0. The fourth-order valence-corrected chi connectivity index (χ4v) is 6.53. The van der Waals surface area contributed by atoms with Crippen molar-refractivity contribution < 1.29 is 22.7 Å². The van der Waals surface area contributed by atoms with Gasteiger partial charge in [0.15, 0.2) is 0 Å². The van der Waals surface area contributed by atoms with Gasteiger partial charge in [-0.15, -0.1) is 0 Å². The summed E-state index contributed by atoms with van der Waals surface area (Å²) in [5, 5.41) is 5.54. The predicted octanol–water partition coefficient (Wildman–Crippen LogP) is 3.81. The Kier molecular flexibility index (Phi) is 7.04. The summed E-state index contributed by atoms with van der Waals surface area (Å²) in [6.07, 6.45) is 4.29. The van der Waals surface area contributed by atoms with Crippen LogP contribution in [0.4, 0.5) is 10.5 Å². The molecule has 34 heavy (non-hydrogen) atoms. The Bertz CT molecular complexity index is 1140. The smallest absolute Gasteiger partial charge is 0.411 e. The molecule has 2 N–H and O–H groups in total. The number of ether oxygens (including phenoxy) is 1. The van der Waals surface area contributed by atoms with Gasteiger partial charge in [-0.05, 0) is 68.0 Å². The third-order valence-corrected chi connectivity index (χ3v) is 8.57. The standard InChI is InChI=1S/C25H29N3O5S/c1-2-23(29)26-21-13-16-28(25(17-21)14-6-15-25)34(31,32)22-11-9-20(10-12-22)27-24(30)33-18-19-7-4-3-5-8-19/h2-5,7-12,21H,1,6,13-18H2,(H,26,29)(H,27,30). The van der Waals surface area contributed by atoms with E-state index in [4.69, 9.17) is 4.74 Å². The molecule has 0 aromatic heterocycles. The van der Waals surface area contributed by atoms with Gasteiger partial charge in [-0.2, -0.15) is 4.31 Å². The van der Waals surface area contributed by atoms with Crippen molar-refractivity contribution in [2.45, 2.75) is 55.2 Å². The number of nitrogens with zero attached hydrogens (tertiary/aromatic N) is 1. The van der Waals surface area contributed by atoms with Crippen molar-refractivity contribution in [1.82, 2.24) is 9.62 Å². The number of sulfonamides is 1. The molecule has 2 aromatic rings. The summed E-state index contributed by atoms with van der Waals surface area (Å²) in [4.78, 5) is 24.0. The molecule has 0 bridgehead atoms. The zero-order valence-electron chi connectivity index (χ0n) is 18.9. The highest BCUT2D eigenvalue weighted by atomic mass is 32.2. The lowest BCUT2D eigenvalue weighted by Crippen LogP contribution is -2.63. The maximum absolute atomic E-state index is 13.5. The minimum absolute atomic E-state index is 0.0641. The van der Waals surface area contributed by atoms with Crippen molar-refractivity contribution in [3.8, 4) is 0 Å². The molecule has 1 heterocycles. The van der Waals surface area contributed by atoms with Crippen LogP contribution in [-0.4, -0.2) is 42.8 Å². The molecule has 1 atom stereocenters. The van der Waals surface area contributed by atoms with E-state index >= 15 is 0 Å². The predicted molar refractivity (Wildman–Crippen MR) is 129 cm³/mol. The second-order valence-corrected chi connectivity index (χ2v) is 10.6. The molecule has 9 heteroatoms. The van der Waals surface area contributed by atoms with Crippen molar-refractivity contribution >= 4 is 27.7 Å². The van der Waals surface area contributed by atoms with E-state index in [0.29, 0.717) is 25.1 Å². The number of hydrogen-bond acceptors (Lipinski definition) is 5. The molecule has 2 amide bonds. The molecule has 1 saturated heterocycles. The van der Waals surface area contributed by atoms with Gasteiger partial charge in [-0.25, -0.2) is 13.2 Å². The Morgan fingerprint density at radius 1 is 1.12 bits per heavy atom. The van der Waals surface area contributed by atoms with Crippen LogP contribution < -0.4 is 10.6 Å². The highest BCUT2D eigenvalue weighted by Gasteiger charge is 2.51. The third kappa shape index (κ3) is 5.15. The second-order valence-electron chi connectivity index (χ2n) is 8.77. The zero-order valence-corrected chi connectivity index (χ0v) is 19.7. The number of hydrogen-bond donors (Lipinski definition) is 2. The first-order chi connectivity index (χ1) is 16.3. The van der Waals surface area contributed by atoms with Gasteiger partial charge in [-0.1, -0.05) is 36.9 Å². The molecule has 1 saturated carbocycles. The summed E-state index contributed by atoms with van der Waals surface area (Å²) in [7, 11) is -3.72. The lowest BCUT2D eigenvalue weighted by molar-refractivity contribution is -0.117. The van der Waals surface area contributed by atoms with E-state index < -0.39 is 21.7 Å². The minimum Gasteiger partial charge on any atom is -0.444 e. The lowest BCUT2D eigenvalue weighted by Gasteiger charge is -2.54. The van der Waals surface area contributed by atoms with Crippen LogP contribution in [0.25, 0.3) is 0 Å². The van der Waals surface area contributed by atoms with Gasteiger partial charge in [0.2, 0.25) is 15.9 Å². The van der Waals surface area contributed by atoms with Gasteiger partial charge >= 0.3 is 6.09 Å². The fraction of sp³-hybridized carbons (Fsp3) is 0.360. The molecule has 4 rings (SSSR count). The minimum atomic E-state index is -3.72. The number of anilines is 1. The average molecular weight is 484 g/mol. The van der Waals surface area contributed by atoms with Crippen molar-refractivity contribution in [3.63, 3.8) is 0 Å². The molecule has 1 aliphatic heterocycles. The molecule has 2 aliphatic rings. The SMILES string of the molecule is C=CC(=O)NC1CCN(S(=O)(=O)c2ccc(NC(=O)OCc3ccccc3)cc2)C2(CCC2)C1. The van der Waals surface area contributed by atoms with Gasteiger partial charge in [0.05, 0.1) is 4.90 Å². The first kappa shape index (κ1) is 24.0. The number of benzene rings is 2. The number of carbonyl (C=O) groups is 2. The third-order valence-electron chi connectivity index (χ3n) is 6.55. The first-order valence-electron chi connectivity index (χ1n) is 11.4. The van der Waals surface area contributed by atoms with Crippen LogP contribution in [0.2, 0.25) is 0 Å². The number of nitrogens with one attached hydrogen (secondary N) is 2. The number of rotatable bonds is 7. The molecule has 1 spiro atoms. The maximum atomic E-state index is 13.5. The molecule has 180 valence electrons. The molecule has 0 radical (unpaired) electrons. The van der Waals surface area contributed by atoms with Crippen molar-refractivity contribution in [1.29, 1.82) is 0 Å². The summed E-state index contributed by atoms with van der Waals surface area (Å²) in [5.74, 6) is -0.235. The van der Waals surface area contributed by atoms with Gasteiger partial charge in [0.25, 0.3) is 0 Å². The Labute approximate surface area is 200 Å². The monoisotopic (exact) mass is 483 g/mol. The van der Waals surface area contributed by atoms with Crippen molar-refractivity contribution in [3.05, 3.63) is 72.8 Å². The van der Waals surface area contributed by atoms with Crippen LogP contribution in [0.1, 0.15) is 37.7 Å². The Balaban J connectivity index is 1.40. The average Bonchev–Trinajstić information content (AvgIpc) is 2.82. The lowest BCUT2D eigenvalue weighted by atomic mass is 9.70. The topological polar surface area (TPSA) is 105 Å². The Morgan fingerprint density at radius 3 is 2.44 bits per heavy atom. The summed E-state index contributed by atoms with van der Waals surface area (Å²) < 4.78 is 33.8. The van der Waals surface area contributed by atoms with Crippen LogP contribution in [0.3, 0.4) is 0 Å². The normalized spacial score (nSPS) is 19.6. The highest BCUT2D eigenvalue weighted by molar-refractivity contribution is 7.89. The largest absolute Gasteiger partial charge is 0.444 e. The van der Waals surface area contributed by atoms with E-state index in [2.05, 4.69) is 17.2 Å². The summed E-state index contributed by atoms with van der Waals surface area (Å²) in [6.45, 7) is 3.97. The first-order valence-corrected chi connectivity index (χ1v) is 12.8. The molecule has 2 fully saturated rings. The van der Waals surface area contributed by atoms with Crippen molar-refractivity contribution in [2.24, 2.45) is 0 Å². The van der Waals surface area contributed by atoms with Gasteiger partial charge in [0.1, 0.15) is 6.61 Å². The summed E-state index contributed by atoms with van der Waals surface area (Å²) in [6, 6.07) is 15.4. The number of piperidine rings is 1. The van der Waals surface area contributed by atoms with Gasteiger partial charge in [0, 0.05) is 23.8 Å². The van der Waals surface area contributed by atoms with Crippen LogP contribution in [0.5, 0.6) is 0 Å². The summed E-state index contributed by atoms with van der Waals surface area (Å²) in [5.41, 5.74) is 0.854. The van der Waals surface area contributed by atoms with E-state index in [-0.39, 0.29) is 23.5 Å². The van der Waals surface area contributed by atoms with Gasteiger partial charge in [-0.3, -0.25) is 10.1 Å². The molecule has 8 nitrogen and oxygen atoms in total. The molecule has 1 aliphatic carbocycles. The quantitative estimate of drug-likeness (QED) is 0.583. The van der Waals surface area contributed by atoms with Crippen LogP contribution in [0.15, 0.2) is 72.1 Å². The van der Waals surface area contributed by atoms with Crippen LogP contribution >= 0.6 is 0 Å². The van der Waals surface area contributed by atoms with Gasteiger partial charge < -0.3 is 10.1 Å². The maximum Gasteiger partial charge on any atom is 0.411 e.